The van der Waals surface area contributed by atoms with Crippen molar-refractivity contribution in [3.63, 3.8) is 0 Å². The van der Waals surface area contributed by atoms with Gasteiger partial charge in [-0.25, -0.2) is 8.42 Å². The Labute approximate surface area is 109 Å². The number of allylic oxidation sites excluding steroid dienone is 1. The van der Waals surface area contributed by atoms with Gasteiger partial charge >= 0.3 is 0 Å². The highest BCUT2D eigenvalue weighted by molar-refractivity contribution is 7.97. The summed E-state index contributed by atoms with van der Waals surface area (Å²) in [5, 5.41) is 16.6. The number of hydrogen-bond acceptors (Lipinski definition) is 6. The van der Waals surface area contributed by atoms with Crippen LogP contribution in [-0.2, 0) is 9.84 Å². The van der Waals surface area contributed by atoms with Crippen molar-refractivity contribution in [1.29, 1.82) is 0 Å². The fourth-order valence-electron chi connectivity index (χ4n) is 1.43. The number of rotatable bonds is 4. The molecule has 1 heterocycles. The van der Waals surface area contributed by atoms with Gasteiger partial charge in [0.1, 0.15) is 0 Å². The third-order valence-electron chi connectivity index (χ3n) is 2.26. The predicted octanol–water partition coefficient (Wildman–Crippen LogP) is 1.30. The van der Waals surface area contributed by atoms with Gasteiger partial charge in [-0.3, -0.25) is 15.5 Å². The molecule has 1 aliphatic rings. The number of nitro benzene ring substituents is 1. The second-order valence-corrected chi connectivity index (χ2v) is 5.34. The van der Waals surface area contributed by atoms with Crippen molar-refractivity contribution in [3.8, 4) is 0 Å². The first-order valence-corrected chi connectivity index (χ1v) is 6.76. The molecule has 1 aromatic rings. The van der Waals surface area contributed by atoms with E-state index < -0.39 is 14.8 Å². The lowest BCUT2D eigenvalue weighted by Gasteiger charge is -1.97. The molecule has 19 heavy (non-hydrogen) atoms. The Balaban J connectivity index is 2.13. The van der Waals surface area contributed by atoms with E-state index in [2.05, 4.69) is 10.5 Å². The lowest BCUT2D eigenvalue weighted by atomic mass is 10.2. The molecule has 1 N–H and O–H groups in total. The number of nitrogens with one attached hydrogen (secondary N) is 1. The maximum atomic E-state index is 11.1. The molecular formula is C11H9N3O4S. The minimum absolute atomic E-state index is 0.0726. The number of nitrogens with zero attached hydrogens (tertiary/aromatic N) is 2. The monoisotopic (exact) mass is 279 g/mol. The normalized spacial score (nSPS) is 16.5. The Hall–Kier alpha value is -2.48. The van der Waals surface area contributed by atoms with E-state index >= 15 is 0 Å². The average Bonchev–Trinajstić information content (AvgIpc) is 2.69. The molecule has 0 fully saturated rings. The fraction of sp³-hybridized carbons (Fsp3) is 0. The van der Waals surface area contributed by atoms with Crippen LogP contribution in [0.1, 0.15) is 5.56 Å². The van der Waals surface area contributed by atoms with E-state index in [1.54, 1.807) is 18.2 Å². The van der Waals surface area contributed by atoms with Crippen molar-refractivity contribution in [1.82, 2.24) is 5.43 Å². The van der Waals surface area contributed by atoms with E-state index in [0.29, 0.717) is 11.3 Å². The van der Waals surface area contributed by atoms with Gasteiger partial charge in [-0.2, -0.15) is 5.10 Å². The number of hydrazone groups is 1. The van der Waals surface area contributed by atoms with Crippen LogP contribution in [-0.4, -0.2) is 19.6 Å². The summed E-state index contributed by atoms with van der Waals surface area (Å²) in [7, 11) is -3.30. The van der Waals surface area contributed by atoms with Crippen LogP contribution in [0.25, 0.3) is 0 Å². The van der Waals surface area contributed by atoms with Crippen LogP contribution in [0.3, 0.4) is 0 Å². The van der Waals surface area contributed by atoms with E-state index in [1.165, 1.54) is 18.4 Å². The van der Waals surface area contributed by atoms with Crippen molar-refractivity contribution in [2.24, 2.45) is 5.10 Å². The van der Waals surface area contributed by atoms with E-state index in [1.807, 2.05) is 0 Å². The highest BCUT2D eigenvalue weighted by atomic mass is 32.2. The smallest absolute Gasteiger partial charge is 0.278 e. The van der Waals surface area contributed by atoms with Crippen LogP contribution in [0.2, 0.25) is 0 Å². The summed E-state index contributed by atoms with van der Waals surface area (Å²) in [4.78, 5) is 10.2. The first-order valence-electron chi connectivity index (χ1n) is 5.15. The van der Waals surface area contributed by atoms with Gasteiger partial charge in [0.05, 0.1) is 27.8 Å². The van der Waals surface area contributed by atoms with Crippen LogP contribution >= 0.6 is 0 Å². The zero-order chi connectivity index (χ0) is 13.9. The van der Waals surface area contributed by atoms with Crippen molar-refractivity contribution >= 4 is 21.7 Å². The zero-order valence-electron chi connectivity index (χ0n) is 9.55. The molecule has 8 heteroatoms. The maximum Gasteiger partial charge on any atom is 0.278 e. The summed E-state index contributed by atoms with van der Waals surface area (Å²) in [5.74, 6) is 0. The Bertz CT molecular complexity index is 704. The van der Waals surface area contributed by atoms with E-state index in [4.69, 9.17) is 0 Å². The summed E-state index contributed by atoms with van der Waals surface area (Å²) in [6.45, 7) is 0. The first-order chi connectivity index (χ1) is 8.98. The number of para-hydroxylation sites is 1. The van der Waals surface area contributed by atoms with Crippen LogP contribution < -0.4 is 5.43 Å². The highest BCUT2D eigenvalue weighted by Crippen LogP contribution is 2.15. The molecule has 0 saturated heterocycles. The molecule has 98 valence electrons. The largest absolute Gasteiger partial charge is 0.278 e. The maximum absolute atomic E-state index is 11.1. The molecule has 1 aliphatic heterocycles. The average molecular weight is 279 g/mol. The summed E-state index contributed by atoms with van der Waals surface area (Å²) < 4.78 is 22.1. The molecule has 7 nitrogen and oxygen atoms in total. The Morgan fingerprint density at radius 1 is 1.32 bits per heavy atom. The first kappa shape index (κ1) is 13.0. The third kappa shape index (κ3) is 3.26. The van der Waals surface area contributed by atoms with Gasteiger partial charge in [0, 0.05) is 11.5 Å². The minimum Gasteiger partial charge on any atom is -0.278 e. The van der Waals surface area contributed by atoms with Gasteiger partial charge in [-0.15, -0.1) is 0 Å². The molecule has 0 aromatic heterocycles. The Morgan fingerprint density at radius 3 is 2.68 bits per heavy atom. The van der Waals surface area contributed by atoms with Gasteiger partial charge in [0.25, 0.3) is 5.69 Å². The van der Waals surface area contributed by atoms with Gasteiger partial charge in [0.2, 0.25) is 0 Å². The highest BCUT2D eigenvalue weighted by Gasteiger charge is 2.11. The van der Waals surface area contributed by atoms with E-state index in [0.717, 1.165) is 10.8 Å². The topological polar surface area (TPSA) is 102 Å². The SMILES string of the molecule is O=[N+]([O-])c1ccccc1C=NNC1=CS(=O)(=O)C=C1. The minimum atomic E-state index is -3.30. The Morgan fingerprint density at radius 2 is 2.05 bits per heavy atom. The number of hydrogen-bond donors (Lipinski definition) is 1. The molecular weight excluding hydrogens is 270 g/mol. The van der Waals surface area contributed by atoms with Crippen LogP contribution in [0, 0.1) is 10.1 Å². The van der Waals surface area contributed by atoms with E-state index in [-0.39, 0.29) is 5.69 Å². The molecule has 0 atom stereocenters. The lowest BCUT2D eigenvalue weighted by Crippen LogP contribution is -2.03. The standard InChI is InChI=1S/C11H9N3O4S/c15-14(16)11-4-2-1-3-9(11)7-12-13-10-5-6-19(17,18)8-10/h1-8,13H. The zero-order valence-corrected chi connectivity index (χ0v) is 10.4. The molecule has 0 aliphatic carbocycles. The molecule has 0 spiro atoms. The summed E-state index contributed by atoms with van der Waals surface area (Å²) in [6.07, 6.45) is 2.61. The predicted molar refractivity (Wildman–Crippen MR) is 70.0 cm³/mol. The quantitative estimate of drug-likeness (QED) is 0.508. The van der Waals surface area contributed by atoms with Crippen molar-refractivity contribution in [2.45, 2.75) is 0 Å². The molecule has 0 saturated carbocycles. The van der Waals surface area contributed by atoms with Gasteiger partial charge < -0.3 is 0 Å². The van der Waals surface area contributed by atoms with Gasteiger partial charge in [-0.05, 0) is 12.1 Å². The van der Waals surface area contributed by atoms with Crippen molar-refractivity contribution in [3.05, 3.63) is 62.5 Å². The van der Waals surface area contributed by atoms with Crippen LogP contribution in [0.5, 0.6) is 0 Å². The number of sulfone groups is 1. The molecule has 2 rings (SSSR count). The van der Waals surface area contributed by atoms with Gasteiger partial charge in [-0.1, -0.05) is 12.1 Å². The van der Waals surface area contributed by atoms with Crippen LogP contribution in [0.4, 0.5) is 5.69 Å². The molecule has 0 unspecified atom stereocenters. The number of benzene rings is 1. The van der Waals surface area contributed by atoms with Crippen molar-refractivity contribution in [2.75, 3.05) is 0 Å². The second-order valence-electron chi connectivity index (χ2n) is 3.65. The molecule has 0 amide bonds. The summed E-state index contributed by atoms with van der Waals surface area (Å²) in [6, 6.07) is 6.10. The van der Waals surface area contributed by atoms with Crippen molar-refractivity contribution < 1.29 is 13.3 Å². The lowest BCUT2D eigenvalue weighted by molar-refractivity contribution is -0.385. The molecule has 1 aromatic carbocycles. The summed E-state index contributed by atoms with van der Waals surface area (Å²) in [5.41, 5.74) is 3.05. The summed E-state index contributed by atoms with van der Waals surface area (Å²) >= 11 is 0. The molecule has 0 radical (unpaired) electrons. The van der Waals surface area contributed by atoms with Gasteiger partial charge in [0.15, 0.2) is 9.84 Å². The third-order valence-corrected chi connectivity index (χ3v) is 3.36. The second kappa shape index (κ2) is 5.02. The van der Waals surface area contributed by atoms with Crippen LogP contribution in [0.15, 0.2) is 52.0 Å². The Kier molecular flexibility index (Phi) is 3.43. The molecule has 0 bridgehead atoms. The number of nitro groups is 1. The van der Waals surface area contributed by atoms with E-state index in [9.17, 15) is 18.5 Å². The fourth-order valence-corrected chi connectivity index (χ4v) is 2.33.